The summed E-state index contributed by atoms with van der Waals surface area (Å²) in [7, 11) is 0. The van der Waals surface area contributed by atoms with Crippen molar-refractivity contribution in [1.82, 2.24) is 4.98 Å². The van der Waals surface area contributed by atoms with E-state index in [0.29, 0.717) is 11.1 Å². The third-order valence-electron chi connectivity index (χ3n) is 3.28. The number of aromatic nitrogens is 1. The number of hydrogen-bond donors (Lipinski definition) is 4. The van der Waals surface area contributed by atoms with Gasteiger partial charge >= 0.3 is 5.97 Å². The van der Waals surface area contributed by atoms with Crippen molar-refractivity contribution < 1.29 is 15.0 Å². The zero-order chi connectivity index (χ0) is 17.1. The van der Waals surface area contributed by atoms with Crippen molar-refractivity contribution in [1.29, 1.82) is 0 Å². The largest absolute Gasteiger partial charge is 0.504 e. The van der Waals surface area contributed by atoms with Gasteiger partial charge < -0.3 is 20.5 Å². The molecule has 0 radical (unpaired) electrons. The van der Waals surface area contributed by atoms with E-state index in [2.05, 4.69) is 20.5 Å². The maximum Gasteiger partial charge on any atom is 0.335 e. The molecular formula is C16H12N4O3S. The van der Waals surface area contributed by atoms with Crippen LogP contribution in [0.3, 0.4) is 0 Å². The average molecular weight is 340 g/mol. The summed E-state index contributed by atoms with van der Waals surface area (Å²) in [6.45, 7) is 0. The minimum atomic E-state index is -1.00. The van der Waals surface area contributed by atoms with Gasteiger partial charge in [-0.15, -0.1) is 10.2 Å². The van der Waals surface area contributed by atoms with E-state index in [9.17, 15) is 9.90 Å². The molecule has 0 amide bonds. The summed E-state index contributed by atoms with van der Waals surface area (Å²) in [5.41, 5.74) is 1.51. The maximum absolute atomic E-state index is 10.8. The number of carboxylic acid groups (broad SMARTS) is 1. The van der Waals surface area contributed by atoms with Crippen molar-refractivity contribution in [3.63, 3.8) is 0 Å². The van der Waals surface area contributed by atoms with Crippen molar-refractivity contribution in [2.24, 2.45) is 10.2 Å². The Morgan fingerprint density at radius 1 is 1.12 bits per heavy atom. The van der Waals surface area contributed by atoms with Crippen LogP contribution < -0.4 is 5.32 Å². The Balaban J connectivity index is 1.72. The van der Waals surface area contributed by atoms with Gasteiger partial charge in [-0.2, -0.15) is 0 Å². The maximum atomic E-state index is 10.8. The lowest BCUT2D eigenvalue weighted by Crippen LogP contribution is -2.05. The van der Waals surface area contributed by atoms with E-state index < -0.39 is 5.97 Å². The molecule has 3 aromatic rings. The molecule has 0 aliphatic rings. The third-order valence-corrected chi connectivity index (χ3v) is 3.47. The fourth-order valence-corrected chi connectivity index (χ4v) is 2.28. The number of anilines is 1. The Labute approximate surface area is 141 Å². The van der Waals surface area contributed by atoms with E-state index in [4.69, 9.17) is 17.3 Å². The monoisotopic (exact) mass is 340 g/mol. The number of nitrogens with zero attached hydrogens (tertiary/aromatic N) is 2. The number of carboxylic acids is 1. The number of thiocarbonyl (C=S) groups is 1. The summed E-state index contributed by atoms with van der Waals surface area (Å²) in [5.74, 6) is -0.789. The molecule has 1 aromatic heterocycles. The number of nitrogens with one attached hydrogen (secondary N) is 2. The lowest BCUT2D eigenvalue weighted by atomic mass is 10.2. The van der Waals surface area contributed by atoms with Crippen molar-refractivity contribution >= 4 is 45.7 Å². The number of rotatable bonds is 3. The molecule has 7 nitrogen and oxygen atoms in total. The predicted octanol–water partition coefficient (Wildman–Crippen LogP) is 4.05. The number of carbonyl (C=O) groups is 1. The Morgan fingerprint density at radius 3 is 2.50 bits per heavy atom. The lowest BCUT2D eigenvalue weighted by Gasteiger charge is -2.03. The van der Waals surface area contributed by atoms with Crippen LogP contribution in [-0.4, -0.2) is 26.3 Å². The molecule has 2 aromatic carbocycles. The number of hydrogen-bond acceptors (Lipinski definition) is 4. The van der Waals surface area contributed by atoms with Gasteiger partial charge in [-0.25, -0.2) is 4.79 Å². The van der Waals surface area contributed by atoms with E-state index in [1.54, 1.807) is 18.2 Å². The standard InChI is InChI=1S/C16H12N4O3S/c21-13-11-3-1-2-4-12(11)18-14(13)19-20-16(24)17-10-7-5-9(6-8-10)15(22)23/h1-8,18,21H,(H,17,24)(H,22,23). The normalized spacial score (nSPS) is 11.0. The van der Waals surface area contributed by atoms with Crippen LogP contribution in [0.2, 0.25) is 0 Å². The first-order valence-electron chi connectivity index (χ1n) is 6.90. The van der Waals surface area contributed by atoms with Crippen molar-refractivity contribution in [3.8, 4) is 5.75 Å². The summed E-state index contributed by atoms with van der Waals surface area (Å²) >= 11 is 5.06. The van der Waals surface area contributed by atoms with Crippen molar-refractivity contribution in [3.05, 3.63) is 54.1 Å². The molecule has 24 heavy (non-hydrogen) atoms. The molecule has 8 heteroatoms. The second-order valence-corrected chi connectivity index (χ2v) is 5.27. The quantitative estimate of drug-likeness (QED) is 0.425. The number of azo groups is 1. The molecule has 0 bridgehead atoms. The predicted molar refractivity (Wildman–Crippen MR) is 94.1 cm³/mol. The fourth-order valence-electron chi connectivity index (χ4n) is 2.13. The fraction of sp³-hybridized carbons (Fsp3) is 0. The summed E-state index contributed by atoms with van der Waals surface area (Å²) in [5, 5.41) is 30.2. The highest BCUT2D eigenvalue weighted by Gasteiger charge is 2.09. The van der Waals surface area contributed by atoms with Crippen LogP contribution in [0.25, 0.3) is 10.9 Å². The third kappa shape index (κ3) is 3.23. The molecule has 120 valence electrons. The molecule has 4 N–H and O–H groups in total. The highest BCUT2D eigenvalue weighted by Crippen LogP contribution is 2.34. The number of aromatic hydroxyl groups is 1. The number of para-hydroxylation sites is 1. The van der Waals surface area contributed by atoms with Crippen LogP contribution in [0.15, 0.2) is 58.8 Å². The summed E-state index contributed by atoms with van der Waals surface area (Å²) in [4.78, 5) is 13.7. The number of aromatic amines is 1. The van der Waals surface area contributed by atoms with Crippen LogP contribution in [0, 0.1) is 0 Å². The van der Waals surface area contributed by atoms with Crippen LogP contribution in [0.1, 0.15) is 10.4 Å². The zero-order valence-electron chi connectivity index (χ0n) is 12.2. The Morgan fingerprint density at radius 2 is 1.83 bits per heavy atom. The van der Waals surface area contributed by atoms with Gasteiger partial charge in [0.15, 0.2) is 11.6 Å². The molecule has 0 saturated carbocycles. The van der Waals surface area contributed by atoms with Gasteiger partial charge in [0, 0.05) is 11.1 Å². The Bertz CT molecular complexity index is 948. The molecule has 1 heterocycles. The van der Waals surface area contributed by atoms with Gasteiger partial charge in [0.1, 0.15) is 0 Å². The van der Waals surface area contributed by atoms with Crippen molar-refractivity contribution in [2.45, 2.75) is 0 Å². The Hall–Kier alpha value is -3.26. The van der Waals surface area contributed by atoms with E-state index in [-0.39, 0.29) is 22.2 Å². The van der Waals surface area contributed by atoms with Gasteiger partial charge in [-0.3, -0.25) is 0 Å². The molecule has 3 rings (SSSR count). The number of aromatic carboxylic acids is 1. The lowest BCUT2D eigenvalue weighted by molar-refractivity contribution is 0.0697. The molecule has 0 spiro atoms. The second kappa shape index (κ2) is 6.47. The first kappa shape index (κ1) is 15.6. The first-order chi connectivity index (χ1) is 11.5. The minimum Gasteiger partial charge on any atom is -0.504 e. The highest BCUT2D eigenvalue weighted by molar-refractivity contribution is 7.80. The molecule has 0 atom stereocenters. The molecule has 0 aliphatic heterocycles. The minimum absolute atomic E-state index is 0.00274. The van der Waals surface area contributed by atoms with Crippen LogP contribution in [0.4, 0.5) is 11.5 Å². The number of H-pyrrole nitrogens is 1. The molecule has 0 saturated heterocycles. The van der Waals surface area contributed by atoms with E-state index in [1.165, 1.54) is 12.1 Å². The van der Waals surface area contributed by atoms with E-state index in [0.717, 1.165) is 5.52 Å². The Kier molecular flexibility index (Phi) is 4.21. The van der Waals surface area contributed by atoms with Gasteiger partial charge in [0.25, 0.3) is 0 Å². The summed E-state index contributed by atoms with van der Waals surface area (Å²) in [6.07, 6.45) is 0. The number of fused-ring (bicyclic) bond motifs is 1. The smallest absolute Gasteiger partial charge is 0.335 e. The number of benzene rings is 2. The highest BCUT2D eigenvalue weighted by atomic mass is 32.1. The molecule has 0 unspecified atom stereocenters. The van der Waals surface area contributed by atoms with Crippen LogP contribution in [0.5, 0.6) is 5.75 Å². The van der Waals surface area contributed by atoms with E-state index in [1.807, 2.05) is 18.2 Å². The molecule has 0 aliphatic carbocycles. The first-order valence-corrected chi connectivity index (χ1v) is 7.31. The van der Waals surface area contributed by atoms with Gasteiger partial charge in [-0.1, -0.05) is 12.1 Å². The van der Waals surface area contributed by atoms with Gasteiger partial charge in [-0.05, 0) is 48.6 Å². The van der Waals surface area contributed by atoms with Crippen LogP contribution >= 0.6 is 12.2 Å². The van der Waals surface area contributed by atoms with Crippen molar-refractivity contribution in [2.75, 3.05) is 5.32 Å². The van der Waals surface area contributed by atoms with Gasteiger partial charge in [0.2, 0.25) is 5.11 Å². The van der Waals surface area contributed by atoms with Crippen LogP contribution in [-0.2, 0) is 0 Å². The zero-order valence-corrected chi connectivity index (χ0v) is 13.0. The van der Waals surface area contributed by atoms with E-state index >= 15 is 0 Å². The second-order valence-electron chi connectivity index (χ2n) is 4.88. The molecular weight excluding hydrogens is 328 g/mol. The molecule has 0 fully saturated rings. The summed E-state index contributed by atoms with van der Waals surface area (Å²) < 4.78 is 0. The SMILES string of the molecule is O=C(O)c1ccc(NC(=S)N=Nc2[nH]c3ccccc3c2O)cc1. The summed E-state index contributed by atoms with van der Waals surface area (Å²) in [6, 6.07) is 13.3. The van der Waals surface area contributed by atoms with Gasteiger partial charge in [0.05, 0.1) is 11.1 Å². The average Bonchev–Trinajstić information content (AvgIpc) is 2.90. The topological polar surface area (TPSA) is 110 Å².